The molecule has 1 aliphatic rings. The molecule has 1 heterocycles. The molecule has 0 bridgehead atoms. The van der Waals surface area contributed by atoms with E-state index in [4.69, 9.17) is 4.74 Å². The van der Waals surface area contributed by atoms with Crippen LogP contribution in [0.25, 0.3) is 0 Å². The number of ketones is 1. The molecule has 2 aromatic rings. The minimum absolute atomic E-state index is 0.0436. The Morgan fingerprint density at radius 2 is 1.96 bits per heavy atom. The van der Waals surface area contributed by atoms with E-state index in [1.165, 1.54) is 13.1 Å². The molecule has 1 unspecified atom stereocenters. The fraction of sp³-hybridized carbons (Fsp3) is 0.389. The van der Waals surface area contributed by atoms with Crippen molar-refractivity contribution in [3.05, 3.63) is 54.1 Å². The van der Waals surface area contributed by atoms with Crippen molar-refractivity contribution in [1.82, 2.24) is 9.55 Å². The van der Waals surface area contributed by atoms with Gasteiger partial charge in [0, 0.05) is 5.92 Å². The quantitative estimate of drug-likeness (QED) is 0.769. The lowest BCUT2D eigenvalue weighted by molar-refractivity contribution is -0.126. The molecular formula is C18H20N2O3. The van der Waals surface area contributed by atoms with Gasteiger partial charge in [0.15, 0.2) is 11.9 Å². The number of carbonyl (C=O) groups is 2. The summed E-state index contributed by atoms with van der Waals surface area (Å²) >= 11 is 0. The van der Waals surface area contributed by atoms with Crippen LogP contribution in [0.4, 0.5) is 0 Å². The molecule has 1 aromatic heterocycles. The van der Waals surface area contributed by atoms with Gasteiger partial charge in [0.25, 0.3) is 0 Å². The van der Waals surface area contributed by atoms with Gasteiger partial charge >= 0.3 is 5.97 Å². The predicted octanol–water partition coefficient (Wildman–Crippen LogP) is 3.02. The molecule has 120 valence electrons. The molecule has 0 aliphatic heterocycles. The van der Waals surface area contributed by atoms with Crippen LogP contribution in [0.2, 0.25) is 0 Å². The highest BCUT2D eigenvalue weighted by Crippen LogP contribution is 2.35. The van der Waals surface area contributed by atoms with Gasteiger partial charge < -0.3 is 9.30 Å². The number of esters is 1. The fourth-order valence-corrected chi connectivity index (χ4v) is 2.75. The minimum Gasteiger partial charge on any atom is -0.449 e. The fourth-order valence-electron chi connectivity index (χ4n) is 2.75. The predicted molar refractivity (Wildman–Crippen MR) is 85.1 cm³/mol. The van der Waals surface area contributed by atoms with Crippen molar-refractivity contribution in [1.29, 1.82) is 0 Å². The molecule has 3 rings (SSSR count). The summed E-state index contributed by atoms with van der Waals surface area (Å²) in [5.74, 6) is -0.403. The normalized spacial score (nSPS) is 16.6. The topological polar surface area (TPSA) is 61.2 Å². The Morgan fingerprint density at radius 3 is 2.57 bits per heavy atom. The molecule has 0 radical (unpaired) electrons. The van der Waals surface area contributed by atoms with Crippen molar-refractivity contribution in [3.63, 3.8) is 0 Å². The Hall–Kier alpha value is -2.43. The number of hydrogen-bond acceptors (Lipinski definition) is 4. The molecular weight excluding hydrogens is 292 g/mol. The average molecular weight is 312 g/mol. The first-order valence-electron chi connectivity index (χ1n) is 7.86. The van der Waals surface area contributed by atoms with Gasteiger partial charge in [0.05, 0.1) is 18.6 Å². The van der Waals surface area contributed by atoms with Crippen molar-refractivity contribution >= 4 is 11.8 Å². The Bertz CT molecular complexity index is 704. The smallest absolute Gasteiger partial charge is 0.357 e. The largest absolute Gasteiger partial charge is 0.449 e. The van der Waals surface area contributed by atoms with Gasteiger partial charge in [-0.3, -0.25) is 4.79 Å². The van der Waals surface area contributed by atoms with Gasteiger partial charge in [-0.1, -0.05) is 30.3 Å². The summed E-state index contributed by atoms with van der Waals surface area (Å²) in [7, 11) is 0. The summed E-state index contributed by atoms with van der Waals surface area (Å²) in [5.41, 5.74) is 1.44. The van der Waals surface area contributed by atoms with E-state index in [1.54, 1.807) is 10.9 Å². The van der Waals surface area contributed by atoms with E-state index >= 15 is 0 Å². The van der Waals surface area contributed by atoms with Crippen LogP contribution in [0, 0.1) is 5.92 Å². The maximum Gasteiger partial charge on any atom is 0.357 e. The van der Waals surface area contributed by atoms with Gasteiger partial charge in [-0.05, 0) is 32.3 Å². The highest BCUT2D eigenvalue weighted by Gasteiger charge is 2.37. The number of nitrogens with zero attached hydrogens (tertiary/aromatic N) is 2. The lowest BCUT2D eigenvalue weighted by Gasteiger charge is -2.18. The van der Waals surface area contributed by atoms with Crippen molar-refractivity contribution in [2.45, 2.75) is 38.8 Å². The van der Waals surface area contributed by atoms with E-state index in [0.717, 1.165) is 18.4 Å². The highest BCUT2D eigenvalue weighted by atomic mass is 16.5. The Labute approximate surface area is 135 Å². The molecule has 0 N–H and O–H groups in total. The number of ether oxygens (including phenoxy) is 1. The molecule has 1 aromatic carbocycles. The lowest BCUT2D eigenvalue weighted by Crippen LogP contribution is -2.28. The molecule has 23 heavy (non-hydrogen) atoms. The van der Waals surface area contributed by atoms with Crippen LogP contribution < -0.4 is 0 Å². The first kappa shape index (κ1) is 15.5. The second kappa shape index (κ2) is 6.36. The Morgan fingerprint density at radius 1 is 1.26 bits per heavy atom. The highest BCUT2D eigenvalue weighted by molar-refractivity contribution is 5.91. The second-order valence-corrected chi connectivity index (χ2v) is 6.05. The van der Waals surface area contributed by atoms with E-state index in [0.29, 0.717) is 5.69 Å². The van der Waals surface area contributed by atoms with E-state index in [2.05, 4.69) is 4.98 Å². The maximum atomic E-state index is 12.5. The molecule has 0 saturated heterocycles. The van der Waals surface area contributed by atoms with Gasteiger partial charge in [-0.2, -0.15) is 0 Å². The molecule has 1 fully saturated rings. The Balaban J connectivity index is 1.80. The summed E-state index contributed by atoms with van der Waals surface area (Å²) in [6, 6.07) is 9.83. The molecule has 0 spiro atoms. The molecule has 1 saturated carbocycles. The third-order valence-corrected chi connectivity index (χ3v) is 4.26. The Kier molecular flexibility index (Phi) is 4.28. The van der Waals surface area contributed by atoms with E-state index in [-0.39, 0.29) is 17.7 Å². The molecule has 5 nitrogen and oxygen atoms in total. The van der Waals surface area contributed by atoms with Crippen LogP contribution in [0.3, 0.4) is 0 Å². The van der Waals surface area contributed by atoms with Crippen LogP contribution in [0.5, 0.6) is 0 Å². The number of benzene rings is 1. The summed E-state index contributed by atoms with van der Waals surface area (Å²) < 4.78 is 7.24. The SMILES string of the molecule is CC(=O)C(OC(=O)c1cncn1[C@H](C)c1ccccc1)C1CC1. The van der Waals surface area contributed by atoms with Crippen molar-refractivity contribution in [2.75, 3.05) is 0 Å². The molecule has 5 heteroatoms. The van der Waals surface area contributed by atoms with Crippen LogP contribution >= 0.6 is 0 Å². The van der Waals surface area contributed by atoms with Crippen LogP contribution in [0.1, 0.15) is 48.8 Å². The second-order valence-electron chi connectivity index (χ2n) is 6.05. The van der Waals surface area contributed by atoms with Gasteiger partial charge in [-0.15, -0.1) is 0 Å². The lowest BCUT2D eigenvalue weighted by atomic mass is 10.1. The summed E-state index contributed by atoms with van der Waals surface area (Å²) in [6.07, 6.45) is 4.37. The maximum absolute atomic E-state index is 12.5. The summed E-state index contributed by atoms with van der Waals surface area (Å²) in [5, 5.41) is 0. The van der Waals surface area contributed by atoms with Crippen molar-refractivity contribution in [2.24, 2.45) is 5.92 Å². The number of imidazole rings is 1. The van der Waals surface area contributed by atoms with Gasteiger partial charge in [-0.25, -0.2) is 9.78 Å². The number of hydrogen-bond donors (Lipinski definition) is 0. The number of aromatic nitrogens is 2. The summed E-state index contributed by atoms with van der Waals surface area (Å²) in [6.45, 7) is 3.47. The first-order chi connectivity index (χ1) is 11.1. The zero-order chi connectivity index (χ0) is 16.4. The number of carbonyl (C=O) groups excluding carboxylic acids is 2. The van der Waals surface area contributed by atoms with Gasteiger partial charge in [0.2, 0.25) is 0 Å². The zero-order valence-corrected chi connectivity index (χ0v) is 13.3. The van der Waals surface area contributed by atoms with E-state index < -0.39 is 12.1 Å². The average Bonchev–Trinajstić information content (AvgIpc) is 3.27. The van der Waals surface area contributed by atoms with E-state index in [1.807, 2.05) is 37.3 Å². The van der Waals surface area contributed by atoms with Crippen LogP contribution in [-0.2, 0) is 9.53 Å². The standard InChI is InChI=1S/C18H20N2O3/c1-12(14-6-4-3-5-7-14)20-11-19-10-16(20)18(22)23-17(13(2)21)15-8-9-15/h3-7,10-12,15,17H,8-9H2,1-2H3/t12-,17?/m1/s1. The monoisotopic (exact) mass is 312 g/mol. The van der Waals surface area contributed by atoms with E-state index in [9.17, 15) is 9.59 Å². The molecule has 1 aliphatic carbocycles. The van der Waals surface area contributed by atoms with Crippen molar-refractivity contribution < 1.29 is 14.3 Å². The third-order valence-electron chi connectivity index (χ3n) is 4.26. The van der Waals surface area contributed by atoms with Crippen molar-refractivity contribution in [3.8, 4) is 0 Å². The zero-order valence-electron chi connectivity index (χ0n) is 13.3. The van der Waals surface area contributed by atoms with Gasteiger partial charge in [0.1, 0.15) is 5.69 Å². The third kappa shape index (κ3) is 3.33. The van der Waals surface area contributed by atoms with Crippen LogP contribution in [-0.4, -0.2) is 27.4 Å². The molecule has 0 amide bonds. The molecule has 2 atom stereocenters. The number of Topliss-reactive ketones (excluding diaryl/α,β-unsaturated/α-hetero) is 1. The number of rotatable bonds is 6. The first-order valence-corrected chi connectivity index (χ1v) is 7.86. The van der Waals surface area contributed by atoms with Crippen LogP contribution in [0.15, 0.2) is 42.9 Å². The minimum atomic E-state index is -0.627. The summed E-state index contributed by atoms with van der Waals surface area (Å²) in [4.78, 5) is 28.2.